The Hall–Kier alpha value is -2.78. The number of alkyl halides is 3. The third-order valence-corrected chi connectivity index (χ3v) is 3.36. The highest BCUT2D eigenvalue weighted by molar-refractivity contribution is 6.32. The Balaban J connectivity index is 2.25. The van der Waals surface area contributed by atoms with Crippen LogP contribution in [0.1, 0.15) is 11.1 Å². The van der Waals surface area contributed by atoms with Gasteiger partial charge in [0.15, 0.2) is 0 Å². The number of rotatable bonds is 3. The maximum atomic E-state index is 12.7. The first-order valence-electron chi connectivity index (χ1n) is 6.66. The van der Waals surface area contributed by atoms with Crippen molar-refractivity contribution in [3.05, 3.63) is 70.3 Å². The van der Waals surface area contributed by atoms with Crippen molar-refractivity contribution in [2.24, 2.45) is 0 Å². The van der Waals surface area contributed by atoms with Crippen LogP contribution in [-0.4, -0.2) is 5.91 Å². The predicted molar refractivity (Wildman–Crippen MR) is 85.1 cm³/mol. The van der Waals surface area contributed by atoms with Crippen LogP contribution in [0.15, 0.2) is 54.1 Å². The highest BCUT2D eigenvalue weighted by Gasteiger charge is 2.30. The van der Waals surface area contributed by atoms with Gasteiger partial charge in [-0.3, -0.25) is 4.79 Å². The fourth-order valence-electron chi connectivity index (χ4n) is 1.87. The molecule has 0 radical (unpaired) electrons. The van der Waals surface area contributed by atoms with Gasteiger partial charge in [-0.15, -0.1) is 0 Å². The summed E-state index contributed by atoms with van der Waals surface area (Å²) in [6, 6.07) is 12.4. The molecule has 0 saturated heterocycles. The molecule has 2 aromatic rings. The number of nitrogens with one attached hydrogen (secondary N) is 1. The van der Waals surface area contributed by atoms with Crippen molar-refractivity contribution >= 4 is 29.3 Å². The number of nitrogens with zero attached hydrogens (tertiary/aromatic N) is 1. The zero-order valence-electron chi connectivity index (χ0n) is 12.1. The molecule has 3 nitrogen and oxygen atoms in total. The standard InChI is InChI=1S/C17H10ClF3N2O/c18-15-7-2-1-4-11(15)8-12(10-22)16(24)23-14-6-3-5-13(9-14)17(19,20)21/h1-9H,(H,23,24)/b12-8+. The van der Waals surface area contributed by atoms with E-state index in [0.717, 1.165) is 12.1 Å². The van der Waals surface area contributed by atoms with Crippen LogP contribution in [0.3, 0.4) is 0 Å². The minimum atomic E-state index is -4.52. The summed E-state index contributed by atoms with van der Waals surface area (Å²) in [7, 11) is 0. The van der Waals surface area contributed by atoms with Crippen LogP contribution in [0.5, 0.6) is 0 Å². The van der Waals surface area contributed by atoms with Crippen molar-refractivity contribution in [3.63, 3.8) is 0 Å². The van der Waals surface area contributed by atoms with E-state index in [0.29, 0.717) is 10.6 Å². The summed E-state index contributed by atoms with van der Waals surface area (Å²) in [6.45, 7) is 0. The average Bonchev–Trinajstić information content (AvgIpc) is 2.53. The summed E-state index contributed by atoms with van der Waals surface area (Å²) in [6.07, 6.45) is -3.25. The fourth-order valence-corrected chi connectivity index (χ4v) is 2.06. The minimum Gasteiger partial charge on any atom is -0.321 e. The molecule has 0 aromatic heterocycles. The van der Waals surface area contributed by atoms with E-state index in [1.807, 2.05) is 0 Å². The molecule has 0 bridgehead atoms. The normalized spacial score (nSPS) is 11.7. The predicted octanol–water partition coefficient (Wildman–Crippen LogP) is 4.90. The van der Waals surface area contributed by atoms with Crippen molar-refractivity contribution in [1.29, 1.82) is 5.26 Å². The Labute approximate surface area is 141 Å². The molecule has 24 heavy (non-hydrogen) atoms. The van der Waals surface area contributed by atoms with Gasteiger partial charge in [-0.1, -0.05) is 35.9 Å². The first kappa shape index (κ1) is 17.6. The molecule has 0 heterocycles. The number of amides is 1. The van der Waals surface area contributed by atoms with Crippen molar-refractivity contribution in [3.8, 4) is 6.07 Å². The topological polar surface area (TPSA) is 52.9 Å². The van der Waals surface area contributed by atoms with Crippen molar-refractivity contribution < 1.29 is 18.0 Å². The van der Waals surface area contributed by atoms with Crippen molar-refractivity contribution in [1.82, 2.24) is 0 Å². The first-order valence-corrected chi connectivity index (χ1v) is 7.04. The zero-order valence-corrected chi connectivity index (χ0v) is 12.8. The largest absolute Gasteiger partial charge is 0.416 e. The Kier molecular flexibility index (Phi) is 5.27. The number of hydrogen-bond donors (Lipinski definition) is 1. The molecule has 0 atom stereocenters. The molecule has 1 N–H and O–H groups in total. The van der Waals surface area contributed by atoms with E-state index in [1.54, 1.807) is 30.3 Å². The summed E-state index contributed by atoms with van der Waals surface area (Å²) in [4.78, 5) is 12.1. The number of hydrogen-bond acceptors (Lipinski definition) is 2. The van der Waals surface area contributed by atoms with Gasteiger partial charge >= 0.3 is 6.18 Å². The van der Waals surface area contributed by atoms with E-state index >= 15 is 0 Å². The maximum absolute atomic E-state index is 12.7. The summed E-state index contributed by atoms with van der Waals surface area (Å²) < 4.78 is 38.0. The van der Waals surface area contributed by atoms with Crippen molar-refractivity contribution in [2.75, 3.05) is 5.32 Å². The summed E-state index contributed by atoms with van der Waals surface area (Å²) in [5, 5.41) is 11.7. The van der Waals surface area contributed by atoms with Crippen LogP contribution in [-0.2, 0) is 11.0 Å². The monoisotopic (exact) mass is 350 g/mol. The van der Waals surface area contributed by atoms with Crippen LogP contribution in [0.2, 0.25) is 5.02 Å². The Morgan fingerprint density at radius 3 is 2.50 bits per heavy atom. The Morgan fingerprint density at radius 2 is 1.88 bits per heavy atom. The SMILES string of the molecule is N#C/C(=C\c1ccccc1Cl)C(=O)Nc1cccc(C(F)(F)F)c1. The van der Waals surface area contributed by atoms with E-state index in [1.165, 1.54) is 18.2 Å². The highest BCUT2D eigenvalue weighted by Crippen LogP contribution is 2.30. The Bertz CT molecular complexity index is 838. The molecular formula is C17H10ClF3N2O. The lowest BCUT2D eigenvalue weighted by Crippen LogP contribution is -2.14. The van der Waals surface area contributed by atoms with Crippen molar-refractivity contribution in [2.45, 2.75) is 6.18 Å². The first-order chi connectivity index (χ1) is 11.3. The lowest BCUT2D eigenvalue weighted by atomic mass is 10.1. The van der Waals surface area contributed by atoms with E-state index in [4.69, 9.17) is 16.9 Å². The number of carbonyl (C=O) groups excluding carboxylic acids is 1. The van der Waals surface area contributed by atoms with Gasteiger partial charge in [-0.25, -0.2) is 0 Å². The maximum Gasteiger partial charge on any atom is 0.416 e. The van der Waals surface area contributed by atoms with Gasteiger partial charge in [0.25, 0.3) is 5.91 Å². The van der Waals surface area contributed by atoms with Crippen LogP contribution >= 0.6 is 11.6 Å². The second kappa shape index (κ2) is 7.20. The van der Waals surface area contributed by atoms with E-state index in [-0.39, 0.29) is 11.3 Å². The molecule has 7 heteroatoms. The molecule has 0 unspecified atom stereocenters. The molecular weight excluding hydrogens is 341 g/mol. The van der Waals surface area contributed by atoms with Gasteiger partial charge in [0.05, 0.1) is 5.56 Å². The van der Waals surface area contributed by atoms with Gasteiger partial charge in [0.2, 0.25) is 0 Å². The summed E-state index contributed by atoms with van der Waals surface area (Å²) >= 11 is 5.95. The van der Waals surface area contributed by atoms with Crippen LogP contribution in [0.25, 0.3) is 6.08 Å². The average molecular weight is 351 g/mol. The second-order valence-electron chi connectivity index (χ2n) is 4.72. The molecule has 0 saturated carbocycles. The zero-order chi connectivity index (χ0) is 17.7. The summed E-state index contributed by atoms with van der Waals surface area (Å²) in [5.74, 6) is -0.822. The second-order valence-corrected chi connectivity index (χ2v) is 5.13. The fraction of sp³-hybridized carbons (Fsp3) is 0.0588. The molecule has 0 fully saturated rings. The van der Waals surface area contributed by atoms with Crippen LogP contribution in [0.4, 0.5) is 18.9 Å². The smallest absolute Gasteiger partial charge is 0.321 e. The quantitative estimate of drug-likeness (QED) is 0.632. The van der Waals surface area contributed by atoms with Gasteiger partial charge in [-0.2, -0.15) is 18.4 Å². The number of nitriles is 1. The molecule has 2 rings (SSSR count). The van der Waals surface area contributed by atoms with Gasteiger partial charge in [0, 0.05) is 10.7 Å². The van der Waals surface area contributed by atoms with Gasteiger partial charge < -0.3 is 5.32 Å². The highest BCUT2D eigenvalue weighted by atomic mass is 35.5. The number of carbonyl (C=O) groups is 1. The van der Waals surface area contributed by atoms with Crippen LogP contribution < -0.4 is 5.32 Å². The number of benzene rings is 2. The molecule has 1 amide bonds. The van der Waals surface area contributed by atoms with Crippen LogP contribution in [0, 0.1) is 11.3 Å². The number of halogens is 4. The van der Waals surface area contributed by atoms with Gasteiger partial charge in [-0.05, 0) is 35.9 Å². The summed E-state index contributed by atoms with van der Waals surface area (Å²) in [5.41, 5.74) is -0.778. The molecule has 2 aromatic carbocycles. The van der Waals surface area contributed by atoms with E-state index < -0.39 is 17.6 Å². The van der Waals surface area contributed by atoms with E-state index in [2.05, 4.69) is 5.32 Å². The molecule has 0 spiro atoms. The minimum absolute atomic E-state index is 0.0601. The molecule has 122 valence electrons. The van der Waals surface area contributed by atoms with Gasteiger partial charge in [0.1, 0.15) is 11.6 Å². The lowest BCUT2D eigenvalue weighted by molar-refractivity contribution is -0.137. The third-order valence-electron chi connectivity index (χ3n) is 3.02. The number of anilines is 1. The molecule has 0 aliphatic heterocycles. The molecule has 0 aliphatic carbocycles. The third kappa shape index (κ3) is 4.37. The van der Waals surface area contributed by atoms with E-state index in [9.17, 15) is 18.0 Å². The lowest BCUT2D eigenvalue weighted by Gasteiger charge is -2.09. The Morgan fingerprint density at radius 1 is 1.17 bits per heavy atom. The molecule has 0 aliphatic rings.